The highest BCUT2D eigenvalue weighted by molar-refractivity contribution is 6.32. The Kier molecular flexibility index (Phi) is 10.6. The zero-order valence-corrected chi connectivity index (χ0v) is 22.5. The van der Waals surface area contributed by atoms with E-state index in [1.165, 1.54) is 6.07 Å². The first-order valence-electron chi connectivity index (χ1n) is 12.2. The summed E-state index contributed by atoms with van der Waals surface area (Å²) in [5.41, 5.74) is 2.20. The zero-order chi connectivity index (χ0) is 27.1. The number of fused-ring (bicyclic) bond motifs is 1. The second-order valence-corrected chi connectivity index (χ2v) is 9.35. The van der Waals surface area contributed by atoms with Gasteiger partial charge in [0.1, 0.15) is 5.75 Å². The van der Waals surface area contributed by atoms with Gasteiger partial charge in [-0.05, 0) is 70.6 Å². The Balaban J connectivity index is 0.00000420. The van der Waals surface area contributed by atoms with Crippen LogP contribution >= 0.6 is 24.0 Å². The van der Waals surface area contributed by atoms with Gasteiger partial charge in [-0.15, -0.1) is 12.4 Å². The molecular formula is C30H28Cl2F3NO3. The summed E-state index contributed by atoms with van der Waals surface area (Å²) >= 11 is 6.18. The number of aliphatic carboxylic acids is 1. The van der Waals surface area contributed by atoms with Gasteiger partial charge in [-0.25, -0.2) is 0 Å². The highest BCUT2D eigenvalue weighted by Crippen LogP contribution is 2.37. The predicted molar refractivity (Wildman–Crippen MR) is 150 cm³/mol. The highest BCUT2D eigenvalue weighted by atomic mass is 35.5. The Bertz CT molecular complexity index is 1430. The number of nitrogens with one attached hydrogen (secondary N) is 1. The van der Waals surface area contributed by atoms with Crippen molar-refractivity contribution in [2.24, 2.45) is 0 Å². The number of alkyl halides is 3. The van der Waals surface area contributed by atoms with E-state index in [0.29, 0.717) is 43.0 Å². The van der Waals surface area contributed by atoms with Crippen LogP contribution in [0.4, 0.5) is 13.2 Å². The van der Waals surface area contributed by atoms with Crippen LogP contribution in [0.2, 0.25) is 5.02 Å². The number of halogens is 5. The summed E-state index contributed by atoms with van der Waals surface area (Å²) in [6.07, 6.45) is -3.58. The van der Waals surface area contributed by atoms with E-state index in [1.54, 1.807) is 30.3 Å². The lowest BCUT2D eigenvalue weighted by molar-refractivity contribution is -0.138. The third-order valence-electron chi connectivity index (χ3n) is 6.22. The van der Waals surface area contributed by atoms with E-state index in [9.17, 15) is 18.0 Å². The molecule has 0 spiro atoms. The topological polar surface area (TPSA) is 58.6 Å². The minimum absolute atomic E-state index is 0. The van der Waals surface area contributed by atoms with Crippen LogP contribution in [0, 0.1) is 0 Å². The molecule has 0 aliphatic rings. The molecule has 0 unspecified atom stereocenters. The lowest BCUT2D eigenvalue weighted by Crippen LogP contribution is -2.18. The van der Waals surface area contributed by atoms with Crippen LogP contribution < -0.4 is 10.1 Å². The Hall–Kier alpha value is -3.26. The number of ether oxygens (including phenoxy) is 1. The summed E-state index contributed by atoms with van der Waals surface area (Å²) in [7, 11) is 0. The van der Waals surface area contributed by atoms with Gasteiger partial charge in [-0.3, -0.25) is 4.79 Å². The van der Waals surface area contributed by atoms with Gasteiger partial charge in [0.2, 0.25) is 0 Å². The number of carboxylic acids is 1. The van der Waals surface area contributed by atoms with Crippen molar-refractivity contribution in [1.29, 1.82) is 0 Å². The molecule has 9 heteroatoms. The lowest BCUT2D eigenvalue weighted by Gasteiger charge is -2.17. The van der Waals surface area contributed by atoms with Crippen LogP contribution in [-0.2, 0) is 30.4 Å². The fourth-order valence-corrected chi connectivity index (χ4v) is 4.72. The van der Waals surface area contributed by atoms with Crippen LogP contribution in [0.5, 0.6) is 5.75 Å². The Labute approximate surface area is 236 Å². The maximum atomic E-state index is 13.4. The van der Waals surface area contributed by atoms with Gasteiger partial charge in [-0.1, -0.05) is 72.3 Å². The van der Waals surface area contributed by atoms with Gasteiger partial charge >= 0.3 is 12.1 Å². The van der Waals surface area contributed by atoms with E-state index in [0.717, 1.165) is 28.0 Å². The molecule has 2 N–H and O–H groups in total. The van der Waals surface area contributed by atoms with Crippen molar-refractivity contribution in [2.75, 3.05) is 13.2 Å². The molecular weight excluding hydrogens is 550 g/mol. The molecule has 0 aliphatic heterocycles. The normalized spacial score (nSPS) is 11.3. The predicted octanol–water partition coefficient (Wildman–Crippen LogP) is 7.71. The molecule has 0 aliphatic carbocycles. The molecule has 0 radical (unpaired) electrons. The molecule has 206 valence electrons. The monoisotopic (exact) mass is 577 g/mol. The van der Waals surface area contributed by atoms with Crippen LogP contribution in [0.3, 0.4) is 0 Å². The van der Waals surface area contributed by atoms with E-state index >= 15 is 0 Å². The fourth-order valence-electron chi connectivity index (χ4n) is 4.42. The minimum Gasteiger partial charge on any atom is -0.494 e. The summed E-state index contributed by atoms with van der Waals surface area (Å²) in [6.45, 7) is 1.63. The third kappa shape index (κ3) is 8.12. The van der Waals surface area contributed by atoms with Crippen molar-refractivity contribution in [1.82, 2.24) is 5.32 Å². The van der Waals surface area contributed by atoms with Crippen LogP contribution in [-0.4, -0.2) is 24.2 Å². The molecule has 0 fully saturated rings. The van der Waals surface area contributed by atoms with E-state index < -0.39 is 17.7 Å². The summed E-state index contributed by atoms with van der Waals surface area (Å²) in [4.78, 5) is 10.9. The van der Waals surface area contributed by atoms with Gasteiger partial charge in [0.05, 0.1) is 23.6 Å². The first kappa shape index (κ1) is 30.3. The molecule has 0 saturated heterocycles. The van der Waals surface area contributed by atoms with Gasteiger partial charge in [-0.2, -0.15) is 13.2 Å². The van der Waals surface area contributed by atoms with Crippen molar-refractivity contribution in [3.8, 4) is 5.75 Å². The van der Waals surface area contributed by atoms with Gasteiger partial charge in [0, 0.05) is 6.54 Å². The van der Waals surface area contributed by atoms with Crippen molar-refractivity contribution >= 4 is 40.7 Å². The van der Waals surface area contributed by atoms with E-state index in [1.807, 2.05) is 36.4 Å². The third-order valence-corrected chi connectivity index (χ3v) is 6.67. The first-order valence-corrected chi connectivity index (χ1v) is 12.6. The first-order chi connectivity index (χ1) is 18.2. The number of carbonyl (C=O) groups is 1. The molecule has 0 heterocycles. The second kappa shape index (κ2) is 13.7. The molecule has 4 rings (SSSR count). The molecule has 0 amide bonds. The van der Waals surface area contributed by atoms with Crippen molar-refractivity contribution in [3.05, 3.63) is 112 Å². The van der Waals surface area contributed by atoms with E-state index in [4.69, 9.17) is 21.4 Å². The van der Waals surface area contributed by atoms with Crippen molar-refractivity contribution in [2.45, 2.75) is 32.0 Å². The summed E-state index contributed by atoms with van der Waals surface area (Å²) in [5, 5.41) is 14.2. The summed E-state index contributed by atoms with van der Waals surface area (Å²) < 4.78 is 45.9. The average Bonchev–Trinajstić information content (AvgIpc) is 2.87. The van der Waals surface area contributed by atoms with Crippen molar-refractivity contribution < 1.29 is 27.8 Å². The Morgan fingerprint density at radius 3 is 2.49 bits per heavy atom. The molecule has 0 bridgehead atoms. The second-order valence-electron chi connectivity index (χ2n) is 8.97. The Morgan fingerprint density at radius 2 is 1.72 bits per heavy atom. The van der Waals surface area contributed by atoms with E-state index in [-0.39, 0.29) is 30.3 Å². The van der Waals surface area contributed by atoms with E-state index in [2.05, 4.69) is 5.32 Å². The van der Waals surface area contributed by atoms with Crippen LogP contribution in [0.15, 0.2) is 78.9 Å². The highest BCUT2D eigenvalue weighted by Gasteiger charge is 2.33. The van der Waals surface area contributed by atoms with Crippen LogP contribution in [0.1, 0.15) is 34.2 Å². The molecule has 4 aromatic carbocycles. The number of benzene rings is 4. The standard InChI is InChI=1S/C30H27ClF3NO3.ClH/c31-29-23(8-4-11-27(29)30(32,33)34)18-22-13-12-21-7-1-2-10-25(21)26(22)19-35-14-5-15-38-24-9-3-6-20(16-24)17-28(36)37;/h1-4,6-13,16,35H,5,14-15,17-19H2,(H,36,37);1H. The average molecular weight is 578 g/mol. The van der Waals surface area contributed by atoms with Crippen LogP contribution in [0.25, 0.3) is 10.8 Å². The number of carboxylic acid groups (broad SMARTS) is 1. The number of hydrogen-bond donors (Lipinski definition) is 2. The smallest absolute Gasteiger partial charge is 0.417 e. The maximum absolute atomic E-state index is 13.4. The van der Waals surface area contributed by atoms with Crippen molar-refractivity contribution in [3.63, 3.8) is 0 Å². The maximum Gasteiger partial charge on any atom is 0.417 e. The van der Waals surface area contributed by atoms with Gasteiger partial charge in [0.25, 0.3) is 0 Å². The largest absolute Gasteiger partial charge is 0.494 e. The number of rotatable bonds is 11. The molecule has 39 heavy (non-hydrogen) atoms. The SMILES string of the molecule is Cl.O=C(O)Cc1cccc(OCCCNCc2c(Cc3cccc(C(F)(F)F)c3Cl)ccc3ccccc23)c1. The zero-order valence-electron chi connectivity index (χ0n) is 20.9. The molecule has 0 atom stereocenters. The van der Waals surface area contributed by atoms with Gasteiger partial charge in [0.15, 0.2) is 0 Å². The quantitative estimate of drug-likeness (QED) is 0.179. The number of hydrogen-bond acceptors (Lipinski definition) is 3. The molecule has 0 saturated carbocycles. The molecule has 4 nitrogen and oxygen atoms in total. The summed E-state index contributed by atoms with van der Waals surface area (Å²) in [6, 6.07) is 22.9. The van der Waals surface area contributed by atoms with Gasteiger partial charge < -0.3 is 15.2 Å². The molecule has 4 aromatic rings. The fraction of sp³-hybridized carbons (Fsp3) is 0.233. The summed E-state index contributed by atoms with van der Waals surface area (Å²) in [5.74, 6) is -0.271. The lowest BCUT2D eigenvalue weighted by atomic mass is 9.93. The minimum atomic E-state index is -4.51. The molecule has 0 aromatic heterocycles. The Morgan fingerprint density at radius 1 is 0.949 bits per heavy atom.